The number of nitrogens with zero attached hydrogens (tertiary/aromatic N) is 1. The van der Waals surface area contributed by atoms with E-state index in [1.54, 1.807) is 18.2 Å². The highest BCUT2D eigenvalue weighted by Crippen LogP contribution is 2.23. The van der Waals surface area contributed by atoms with Crippen LogP contribution in [0, 0.1) is 17.1 Å². The fraction of sp³-hybridized carbons (Fsp3) is 0.0714. The molecule has 0 saturated heterocycles. The van der Waals surface area contributed by atoms with Crippen LogP contribution in [-0.4, -0.2) is 0 Å². The summed E-state index contributed by atoms with van der Waals surface area (Å²) in [6, 6.07) is 11.8. The molecule has 2 aromatic rings. The molecule has 0 heterocycles. The van der Waals surface area contributed by atoms with E-state index < -0.39 is 5.82 Å². The third kappa shape index (κ3) is 3.25. The van der Waals surface area contributed by atoms with Gasteiger partial charge in [0.15, 0.2) is 0 Å². The largest absolute Gasteiger partial charge is 0.380 e. The van der Waals surface area contributed by atoms with E-state index in [0.29, 0.717) is 17.3 Å². The van der Waals surface area contributed by atoms with Crippen LogP contribution >= 0.6 is 27.5 Å². The number of anilines is 1. The number of hydrogen-bond acceptors (Lipinski definition) is 2. The van der Waals surface area contributed by atoms with E-state index in [1.807, 2.05) is 18.2 Å². The number of benzene rings is 2. The van der Waals surface area contributed by atoms with Crippen molar-refractivity contribution in [2.75, 3.05) is 5.32 Å². The topological polar surface area (TPSA) is 35.8 Å². The van der Waals surface area contributed by atoms with Crippen LogP contribution in [0.4, 0.5) is 10.1 Å². The number of rotatable bonds is 3. The molecule has 0 aliphatic heterocycles. The minimum atomic E-state index is -0.534. The van der Waals surface area contributed by atoms with E-state index in [9.17, 15) is 4.39 Å². The number of nitriles is 1. The molecule has 1 N–H and O–H groups in total. The second kappa shape index (κ2) is 6.05. The Balaban J connectivity index is 2.22. The Bertz CT molecular complexity index is 652. The van der Waals surface area contributed by atoms with Crippen LogP contribution in [0.3, 0.4) is 0 Å². The molecule has 2 aromatic carbocycles. The molecule has 0 fully saturated rings. The van der Waals surface area contributed by atoms with Crippen molar-refractivity contribution in [2.45, 2.75) is 6.54 Å². The molecule has 0 radical (unpaired) electrons. The maximum absolute atomic E-state index is 13.4. The minimum absolute atomic E-state index is 0.00798. The van der Waals surface area contributed by atoms with Crippen LogP contribution in [0.1, 0.15) is 11.1 Å². The van der Waals surface area contributed by atoms with Gasteiger partial charge in [0.25, 0.3) is 0 Å². The lowest BCUT2D eigenvalue weighted by Gasteiger charge is -2.10. The summed E-state index contributed by atoms with van der Waals surface area (Å²) >= 11 is 9.43. The standard InChI is InChI=1S/C14H9BrClFN2/c15-10-4-5-12(16)9(6-10)8-19-14-3-1-2-13(17)11(14)7-18/h1-6,19H,8H2. The zero-order valence-electron chi connectivity index (χ0n) is 9.75. The first-order valence-electron chi connectivity index (χ1n) is 5.48. The van der Waals surface area contributed by atoms with Gasteiger partial charge in [-0.25, -0.2) is 4.39 Å². The van der Waals surface area contributed by atoms with Gasteiger partial charge in [-0.2, -0.15) is 5.26 Å². The predicted molar refractivity (Wildman–Crippen MR) is 77.6 cm³/mol. The van der Waals surface area contributed by atoms with Crippen molar-refractivity contribution in [1.82, 2.24) is 0 Å². The molecule has 0 saturated carbocycles. The highest BCUT2D eigenvalue weighted by Gasteiger charge is 2.08. The first-order chi connectivity index (χ1) is 9.11. The Kier molecular flexibility index (Phi) is 4.41. The molecular weight excluding hydrogens is 331 g/mol. The molecule has 0 aliphatic rings. The van der Waals surface area contributed by atoms with Crippen LogP contribution in [0.5, 0.6) is 0 Å². The average Bonchev–Trinajstić information content (AvgIpc) is 2.40. The highest BCUT2D eigenvalue weighted by molar-refractivity contribution is 9.10. The van der Waals surface area contributed by atoms with Gasteiger partial charge in [0.05, 0.1) is 5.69 Å². The van der Waals surface area contributed by atoms with Gasteiger partial charge >= 0.3 is 0 Å². The Hall–Kier alpha value is -1.57. The quantitative estimate of drug-likeness (QED) is 0.878. The molecule has 2 rings (SSSR count). The van der Waals surface area contributed by atoms with Gasteiger partial charge in [0, 0.05) is 16.0 Å². The van der Waals surface area contributed by atoms with Crippen molar-refractivity contribution >= 4 is 33.2 Å². The lowest BCUT2D eigenvalue weighted by Crippen LogP contribution is -2.03. The first kappa shape index (κ1) is 13.9. The zero-order chi connectivity index (χ0) is 13.8. The van der Waals surface area contributed by atoms with Gasteiger partial charge in [0.1, 0.15) is 17.4 Å². The van der Waals surface area contributed by atoms with Gasteiger partial charge in [-0.05, 0) is 35.9 Å². The fourth-order valence-corrected chi connectivity index (χ4v) is 2.25. The summed E-state index contributed by atoms with van der Waals surface area (Å²) in [7, 11) is 0. The molecule has 0 unspecified atom stereocenters. The monoisotopic (exact) mass is 338 g/mol. The molecule has 0 aromatic heterocycles. The smallest absolute Gasteiger partial charge is 0.143 e. The molecule has 96 valence electrons. The second-order valence-electron chi connectivity index (χ2n) is 3.86. The molecule has 5 heteroatoms. The zero-order valence-corrected chi connectivity index (χ0v) is 12.1. The molecule has 0 atom stereocenters. The summed E-state index contributed by atoms with van der Waals surface area (Å²) in [4.78, 5) is 0. The molecule has 0 amide bonds. The van der Waals surface area contributed by atoms with E-state index in [2.05, 4.69) is 21.2 Å². The van der Waals surface area contributed by atoms with E-state index in [4.69, 9.17) is 16.9 Å². The van der Waals surface area contributed by atoms with E-state index >= 15 is 0 Å². The molecule has 2 nitrogen and oxygen atoms in total. The average molecular weight is 340 g/mol. The van der Waals surface area contributed by atoms with Crippen molar-refractivity contribution in [3.63, 3.8) is 0 Å². The van der Waals surface area contributed by atoms with E-state index in [0.717, 1.165) is 10.0 Å². The van der Waals surface area contributed by atoms with E-state index in [1.165, 1.54) is 6.07 Å². The molecule has 0 spiro atoms. The molecule has 0 aliphatic carbocycles. The SMILES string of the molecule is N#Cc1c(F)cccc1NCc1cc(Br)ccc1Cl. The van der Waals surface area contributed by atoms with E-state index in [-0.39, 0.29) is 5.56 Å². The van der Waals surface area contributed by atoms with Gasteiger partial charge in [-0.15, -0.1) is 0 Å². The van der Waals surface area contributed by atoms with Gasteiger partial charge < -0.3 is 5.32 Å². The Morgan fingerprint density at radius 2 is 2.11 bits per heavy atom. The molecule has 0 bridgehead atoms. The summed E-state index contributed by atoms with van der Waals surface area (Å²) < 4.78 is 14.3. The summed E-state index contributed by atoms with van der Waals surface area (Å²) in [6.45, 7) is 0.413. The Morgan fingerprint density at radius 3 is 2.84 bits per heavy atom. The third-order valence-electron chi connectivity index (χ3n) is 2.60. The predicted octanol–water partition coefficient (Wildman–Crippen LogP) is 4.73. The lowest BCUT2D eigenvalue weighted by molar-refractivity contribution is 0.624. The summed E-state index contributed by atoms with van der Waals surface area (Å²) in [5.41, 5.74) is 1.33. The summed E-state index contributed by atoms with van der Waals surface area (Å²) in [5.74, 6) is -0.534. The first-order valence-corrected chi connectivity index (χ1v) is 6.65. The minimum Gasteiger partial charge on any atom is -0.380 e. The highest BCUT2D eigenvalue weighted by atomic mass is 79.9. The van der Waals surface area contributed by atoms with Crippen molar-refractivity contribution < 1.29 is 4.39 Å². The van der Waals surface area contributed by atoms with Crippen LogP contribution in [0.25, 0.3) is 0 Å². The van der Waals surface area contributed by atoms with Crippen molar-refractivity contribution in [3.8, 4) is 6.07 Å². The third-order valence-corrected chi connectivity index (χ3v) is 3.46. The van der Waals surface area contributed by atoms with Crippen LogP contribution in [-0.2, 0) is 6.54 Å². The lowest BCUT2D eigenvalue weighted by atomic mass is 10.1. The maximum Gasteiger partial charge on any atom is 0.143 e. The Labute approximate surface area is 123 Å². The Morgan fingerprint density at radius 1 is 1.32 bits per heavy atom. The van der Waals surface area contributed by atoms with Crippen LogP contribution < -0.4 is 5.32 Å². The normalized spacial score (nSPS) is 10.0. The molecular formula is C14H9BrClFN2. The summed E-state index contributed by atoms with van der Waals surface area (Å²) in [6.07, 6.45) is 0. The van der Waals surface area contributed by atoms with Crippen molar-refractivity contribution in [2.24, 2.45) is 0 Å². The summed E-state index contributed by atoms with van der Waals surface area (Å²) in [5, 5.41) is 12.6. The van der Waals surface area contributed by atoms with Crippen LogP contribution in [0.15, 0.2) is 40.9 Å². The number of hydrogen-bond donors (Lipinski definition) is 1. The number of halogens is 3. The van der Waals surface area contributed by atoms with Crippen LogP contribution in [0.2, 0.25) is 5.02 Å². The number of nitrogens with one attached hydrogen (secondary N) is 1. The molecule has 19 heavy (non-hydrogen) atoms. The van der Waals surface area contributed by atoms with Gasteiger partial charge in [-0.3, -0.25) is 0 Å². The maximum atomic E-state index is 13.4. The fourth-order valence-electron chi connectivity index (χ4n) is 1.65. The second-order valence-corrected chi connectivity index (χ2v) is 5.19. The van der Waals surface area contributed by atoms with Crippen molar-refractivity contribution in [3.05, 3.63) is 62.8 Å². The van der Waals surface area contributed by atoms with Gasteiger partial charge in [0.2, 0.25) is 0 Å². The van der Waals surface area contributed by atoms with Crippen molar-refractivity contribution in [1.29, 1.82) is 5.26 Å². The van der Waals surface area contributed by atoms with Gasteiger partial charge in [-0.1, -0.05) is 33.6 Å².